The highest BCUT2D eigenvalue weighted by molar-refractivity contribution is 5.88. The van der Waals surface area contributed by atoms with Gasteiger partial charge in [-0.05, 0) is 95.6 Å². The topological polar surface area (TPSA) is 3.88 Å². The van der Waals surface area contributed by atoms with Crippen molar-refractivity contribution in [2.24, 2.45) is 7.05 Å². The predicted molar refractivity (Wildman–Crippen MR) is 144 cm³/mol. The molecule has 0 amide bonds. The van der Waals surface area contributed by atoms with Gasteiger partial charge in [0, 0.05) is 28.5 Å². The fourth-order valence-corrected chi connectivity index (χ4v) is 7.02. The highest BCUT2D eigenvalue weighted by atomic mass is 14.9. The molecule has 170 valence electrons. The molecule has 0 N–H and O–H groups in total. The predicted octanol–water partition coefficient (Wildman–Crippen LogP) is 7.55. The lowest BCUT2D eigenvalue weighted by atomic mass is 9.59. The third-order valence-corrected chi connectivity index (χ3v) is 8.55. The van der Waals surface area contributed by atoms with Crippen LogP contribution in [0.25, 0.3) is 22.0 Å². The average Bonchev–Trinajstić information content (AvgIpc) is 2.85. The second kappa shape index (κ2) is 7.15. The van der Waals surface area contributed by atoms with Crippen LogP contribution in [0.1, 0.15) is 67.5 Å². The molecule has 0 fully saturated rings. The lowest BCUT2D eigenvalue weighted by molar-refractivity contribution is -0.661. The average molecular weight is 453 g/mol. The summed E-state index contributed by atoms with van der Waals surface area (Å²) in [5.74, 6) is 0.518. The van der Waals surface area contributed by atoms with Crippen molar-refractivity contribution in [2.45, 2.75) is 39.5 Å². The van der Waals surface area contributed by atoms with Crippen molar-refractivity contribution in [3.63, 3.8) is 0 Å². The molecule has 0 saturated heterocycles. The van der Waals surface area contributed by atoms with Gasteiger partial charge < -0.3 is 0 Å². The van der Waals surface area contributed by atoms with Crippen molar-refractivity contribution in [1.29, 1.82) is 0 Å². The molecule has 0 spiro atoms. The Morgan fingerprint density at radius 1 is 0.600 bits per heavy atom. The molecule has 2 unspecified atom stereocenters. The highest BCUT2D eigenvalue weighted by Gasteiger charge is 2.46. The van der Waals surface area contributed by atoms with Gasteiger partial charge in [-0.2, -0.15) is 0 Å². The normalized spacial score (nSPS) is 17.3. The van der Waals surface area contributed by atoms with Gasteiger partial charge in [-0.1, -0.05) is 60.2 Å². The Hall–Kier alpha value is -3.71. The number of aromatic nitrogens is 1. The Morgan fingerprint density at radius 3 is 1.80 bits per heavy atom. The maximum absolute atomic E-state index is 2.47. The Bertz CT molecular complexity index is 1700. The number of hydrogen-bond donors (Lipinski definition) is 0. The zero-order valence-electron chi connectivity index (χ0n) is 21.1. The quantitative estimate of drug-likeness (QED) is 0.226. The summed E-state index contributed by atoms with van der Waals surface area (Å²) >= 11 is 0. The SMILES string of the molecule is Cc1cc(C)c(C)c(-c2c3c(c(C)c[n+]2C)C2c4ccccc4C3c3cc4ccccc4cc32)c1. The molecule has 1 nitrogen and oxygen atoms in total. The molecule has 3 aliphatic carbocycles. The summed E-state index contributed by atoms with van der Waals surface area (Å²) in [6, 6.07) is 27.6. The van der Waals surface area contributed by atoms with Crippen LogP contribution in [-0.4, -0.2) is 0 Å². The first-order valence-electron chi connectivity index (χ1n) is 12.7. The minimum absolute atomic E-state index is 0.243. The van der Waals surface area contributed by atoms with Gasteiger partial charge >= 0.3 is 0 Å². The second-order valence-electron chi connectivity index (χ2n) is 10.7. The minimum atomic E-state index is 0.243. The summed E-state index contributed by atoms with van der Waals surface area (Å²) < 4.78 is 2.39. The lowest BCUT2D eigenvalue weighted by Gasteiger charge is -2.43. The van der Waals surface area contributed by atoms with E-state index in [1.165, 1.54) is 77.7 Å². The van der Waals surface area contributed by atoms with Crippen molar-refractivity contribution in [3.8, 4) is 11.3 Å². The third-order valence-electron chi connectivity index (χ3n) is 8.55. The summed E-state index contributed by atoms with van der Waals surface area (Å²) in [5.41, 5.74) is 17.1. The largest absolute Gasteiger partial charge is 0.217 e. The number of hydrogen-bond acceptors (Lipinski definition) is 0. The minimum Gasteiger partial charge on any atom is -0.200 e. The molecular weight excluding hydrogens is 422 g/mol. The van der Waals surface area contributed by atoms with E-state index in [1.54, 1.807) is 0 Å². The highest BCUT2D eigenvalue weighted by Crippen LogP contribution is 2.58. The van der Waals surface area contributed by atoms with E-state index in [0.29, 0.717) is 0 Å². The summed E-state index contributed by atoms with van der Waals surface area (Å²) in [7, 11) is 2.23. The lowest BCUT2D eigenvalue weighted by Crippen LogP contribution is -2.39. The fraction of sp³-hybridized carbons (Fsp3) is 0.206. The van der Waals surface area contributed by atoms with Crippen LogP contribution in [0.5, 0.6) is 0 Å². The molecule has 0 radical (unpaired) electrons. The first kappa shape index (κ1) is 20.6. The molecule has 2 bridgehead atoms. The van der Waals surface area contributed by atoms with E-state index in [2.05, 4.69) is 118 Å². The molecule has 5 aromatic rings. The maximum Gasteiger partial charge on any atom is 0.217 e. The van der Waals surface area contributed by atoms with Crippen LogP contribution in [0.2, 0.25) is 0 Å². The standard InChI is InChI=1S/C34H30N/c1-19-14-20(2)22(4)27(15-19)34-33-30(21(3)18-35(34)5)31-25-12-8-9-13-26(25)32(33)29-17-24-11-7-6-10-23(24)16-28(29)31/h6-18,31-32H,1-5H3/q+1. The van der Waals surface area contributed by atoms with E-state index < -0.39 is 0 Å². The van der Waals surface area contributed by atoms with Gasteiger partial charge in [0.05, 0.1) is 0 Å². The zero-order valence-corrected chi connectivity index (χ0v) is 21.1. The molecule has 1 heteroatoms. The first-order valence-corrected chi connectivity index (χ1v) is 12.7. The van der Waals surface area contributed by atoms with Crippen molar-refractivity contribution in [3.05, 3.63) is 135 Å². The fourth-order valence-electron chi connectivity index (χ4n) is 7.02. The van der Waals surface area contributed by atoms with E-state index in [0.717, 1.165) is 0 Å². The van der Waals surface area contributed by atoms with Crippen LogP contribution in [-0.2, 0) is 7.05 Å². The van der Waals surface area contributed by atoms with Gasteiger partial charge in [0.25, 0.3) is 0 Å². The Kier molecular flexibility index (Phi) is 4.22. The second-order valence-corrected chi connectivity index (χ2v) is 10.7. The van der Waals surface area contributed by atoms with Crippen LogP contribution in [0.4, 0.5) is 0 Å². The number of pyridine rings is 1. The number of rotatable bonds is 1. The molecule has 35 heavy (non-hydrogen) atoms. The van der Waals surface area contributed by atoms with Gasteiger partial charge in [-0.15, -0.1) is 0 Å². The molecule has 2 atom stereocenters. The van der Waals surface area contributed by atoms with E-state index in [9.17, 15) is 0 Å². The summed E-state index contributed by atoms with van der Waals surface area (Å²) in [6.45, 7) is 9.06. The van der Waals surface area contributed by atoms with Crippen molar-refractivity contribution in [1.82, 2.24) is 0 Å². The van der Waals surface area contributed by atoms with Gasteiger partial charge in [0.1, 0.15) is 7.05 Å². The van der Waals surface area contributed by atoms with E-state index >= 15 is 0 Å². The smallest absolute Gasteiger partial charge is 0.200 e. The van der Waals surface area contributed by atoms with Crippen LogP contribution in [0, 0.1) is 27.7 Å². The molecule has 0 aliphatic heterocycles. The number of benzene rings is 4. The van der Waals surface area contributed by atoms with Crippen LogP contribution in [0.15, 0.2) is 79.0 Å². The van der Waals surface area contributed by atoms with Crippen molar-refractivity contribution >= 4 is 10.8 Å². The maximum atomic E-state index is 2.47. The van der Waals surface area contributed by atoms with Gasteiger partial charge in [-0.25, -0.2) is 4.57 Å². The molecule has 4 aromatic carbocycles. The zero-order chi connectivity index (χ0) is 24.0. The van der Waals surface area contributed by atoms with Crippen molar-refractivity contribution < 1.29 is 4.57 Å². The Balaban J connectivity index is 1.64. The Morgan fingerprint density at radius 2 is 1.17 bits per heavy atom. The number of aryl methyl sites for hydroxylation is 4. The molecule has 8 rings (SSSR count). The molecule has 3 aliphatic rings. The first-order chi connectivity index (χ1) is 16.9. The van der Waals surface area contributed by atoms with Crippen molar-refractivity contribution in [2.75, 3.05) is 0 Å². The van der Waals surface area contributed by atoms with E-state index in [1.807, 2.05) is 0 Å². The van der Waals surface area contributed by atoms with Gasteiger partial charge in [0.15, 0.2) is 6.20 Å². The summed E-state index contributed by atoms with van der Waals surface area (Å²) in [5, 5.41) is 2.67. The molecule has 0 saturated carbocycles. The Labute approximate surface area is 207 Å². The van der Waals surface area contributed by atoms with E-state index in [4.69, 9.17) is 0 Å². The number of fused-ring (bicyclic) bond motifs is 1. The summed E-state index contributed by atoms with van der Waals surface area (Å²) in [6.07, 6.45) is 2.36. The monoisotopic (exact) mass is 452 g/mol. The third kappa shape index (κ3) is 2.73. The molecule has 1 aromatic heterocycles. The van der Waals surface area contributed by atoms with Gasteiger partial charge in [-0.3, -0.25) is 0 Å². The van der Waals surface area contributed by atoms with E-state index in [-0.39, 0.29) is 11.8 Å². The van der Waals surface area contributed by atoms with Gasteiger partial charge in [0.2, 0.25) is 5.69 Å². The van der Waals surface area contributed by atoms with Crippen LogP contribution >= 0.6 is 0 Å². The summed E-state index contributed by atoms with van der Waals surface area (Å²) in [4.78, 5) is 0. The molecule has 1 heterocycles. The molecular formula is C34H30N+. The van der Waals surface area contributed by atoms with Crippen LogP contribution < -0.4 is 4.57 Å². The number of nitrogens with zero attached hydrogens (tertiary/aromatic N) is 1. The van der Waals surface area contributed by atoms with Crippen LogP contribution in [0.3, 0.4) is 0 Å².